The lowest BCUT2D eigenvalue weighted by Gasteiger charge is -2.19. The summed E-state index contributed by atoms with van der Waals surface area (Å²) in [5.74, 6) is -0.387. The van der Waals surface area contributed by atoms with E-state index in [0.29, 0.717) is 5.56 Å². The number of esters is 1. The van der Waals surface area contributed by atoms with Crippen molar-refractivity contribution in [3.8, 4) is 0 Å². The number of ether oxygens (including phenoxy) is 1. The van der Waals surface area contributed by atoms with Crippen LogP contribution in [-0.2, 0) is 15.7 Å². The first-order chi connectivity index (χ1) is 9.08. The fourth-order valence-electron chi connectivity index (χ4n) is 1.88. The Morgan fingerprint density at radius 1 is 1.15 bits per heavy atom. The van der Waals surface area contributed by atoms with E-state index in [1.807, 2.05) is 0 Å². The highest BCUT2D eigenvalue weighted by Gasteiger charge is 2.45. The van der Waals surface area contributed by atoms with Crippen LogP contribution in [0.2, 0.25) is 0 Å². The number of nitrogens with one attached hydrogen (secondary N) is 1. The molecule has 0 bridgehead atoms. The number of halogens is 3. The summed E-state index contributed by atoms with van der Waals surface area (Å²) >= 11 is 0. The van der Waals surface area contributed by atoms with Gasteiger partial charge in [-0.15, -0.1) is 0 Å². The van der Waals surface area contributed by atoms with E-state index < -0.39 is 23.4 Å². The van der Waals surface area contributed by atoms with Crippen molar-refractivity contribution in [1.82, 2.24) is 5.32 Å². The quantitative estimate of drug-likeness (QED) is 0.672. The summed E-state index contributed by atoms with van der Waals surface area (Å²) < 4.78 is 42.5. The van der Waals surface area contributed by atoms with Gasteiger partial charge in [0.15, 0.2) is 0 Å². The molecule has 2 atom stereocenters. The van der Waals surface area contributed by atoms with Crippen LogP contribution in [0.5, 0.6) is 0 Å². The van der Waals surface area contributed by atoms with Crippen LogP contribution in [0.4, 0.5) is 13.2 Å². The van der Waals surface area contributed by atoms with E-state index in [2.05, 4.69) is 5.32 Å². The van der Waals surface area contributed by atoms with E-state index in [1.54, 1.807) is 20.8 Å². The fraction of sp³-hybridized carbons (Fsp3) is 0.500. The lowest BCUT2D eigenvalue weighted by atomic mass is 10.1. The summed E-state index contributed by atoms with van der Waals surface area (Å²) in [4.78, 5) is 11.8. The van der Waals surface area contributed by atoms with Crippen LogP contribution < -0.4 is 5.32 Å². The molecule has 20 heavy (non-hydrogen) atoms. The standard InChI is InChI=1S/C14H16F3NO2/c1-13(2,3)20-12(19)11-10(18-11)8-4-6-9(7-5-8)14(15,16)17/h4-7,10-11,18H,1-3H3/t10-,11-/m0/s1. The van der Waals surface area contributed by atoms with Gasteiger partial charge in [0.25, 0.3) is 0 Å². The zero-order chi connectivity index (χ0) is 15.1. The Bertz CT molecular complexity index is 503. The normalized spacial score (nSPS) is 22.5. The second-order valence-corrected chi connectivity index (χ2v) is 5.78. The van der Waals surface area contributed by atoms with Crippen molar-refractivity contribution in [2.24, 2.45) is 0 Å². The van der Waals surface area contributed by atoms with Crippen LogP contribution in [0.3, 0.4) is 0 Å². The summed E-state index contributed by atoms with van der Waals surface area (Å²) in [7, 11) is 0. The molecule has 1 aromatic carbocycles. The first-order valence-electron chi connectivity index (χ1n) is 6.24. The van der Waals surface area contributed by atoms with Crippen molar-refractivity contribution >= 4 is 5.97 Å². The maximum absolute atomic E-state index is 12.4. The molecule has 0 saturated carbocycles. The van der Waals surface area contributed by atoms with Crippen LogP contribution in [0, 0.1) is 0 Å². The molecule has 0 aliphatic carbocycles. The van der Waals surface area contributed by atoms with Crippen molar-refractivity contribution in [2.75, 3.05) is 0 Å². The Morgan fingerprint density at radius 2 is 1.70 bits per heavy atom. The van der Waals surface area contributed by atoms with Crippen molar-refractivity contribution in [1.29, 1.82) is 0 Å². The van der Waals surface area contributed by atoms with Gasteiger partial charge in [-0.1, -0.05) is 12.1 Å². The van der Waals surface area contributed by atoms with Gasteiger partial charge in [-0.3, -0.25) is 10.1 Å². The largest absolute Gasteiger partial charge is 0.459 e. The molecular formula is C14H16F3NO2. The van der Waals surface area contributed by atoms with Crippen LogP contribution >= 0.6 is 0 Å². The highest BCUT2D eigenvalue weighted by Crippen LogP contribution is 2.34. The Morgan fingerprint density at radius 3 is 2.15 bits per heavy atom. The second kappa shape index (κ2) is 4.77. The van der Waals surface area contributed by atoms with E-state index in [4.69, 9.17) is 4.74 Å². The number of hydrogen-bond donors (Lipinski definition) is 1. The molecule has 3 nitrogen and oxygen atoms in total. The summed E-state index contributed by atoms with van der Waals surface area (Å²) in [6, 6.07) is 4.04. The average molecular weight is 287 g/mol. The zero-order valence-corrected chi connectivity index (χ0v) is 11.4. The van der Waals surface area contributed by atoms with E-state index in [1.165, 1.54) is 12.1 Å². The van der Waals surface area contributed by atoms with Crippen molar-refractivity contribution < 1.29 is 22.7 Å². The van der Waals surface area contributed by atoms with E-state index in [9.17, 15) is 18.0 Å². The first kappa shape index (κ1) is 14.8. The van der Waals surface area contributed by atoms with Gasteiger partial charge in [-0.05, 0) is 38.5 Å². The molecule has 1 aromatic rings. The minimum atomic E-state index is -4.35. The topological polar surface area (TPSA) is 48.2 Å². The Hall–Kier alpha value is -1.56. The van der Waals surface area contributed by atoms with E-state index >= 15 is 0 Å². The van der Waals surface area contributed by atoms with Crippen LogP contribution in [0.25, 0.3) is 0 Å². The van der Waals surface area contributed by atoms with E-state index in [0.717, 1.165) is 12.1 Å². The van der Waals surface area contributed by atoms with Gasteiger partial charge in [0, 0.05) is 0 Å². The predicted octanol–water partition coefficient (Wildman–Crippen LogP) is 3.06. The van der Waals surface area contributed by atoms with Crippen LogP contribution in [0.15, 0.2) is 24.3 Å². The molecule has 1 aliphatic rings. The van der Waals surface area contributed by atoms with Crippen molar-refractivity contribution in [3.05, 3.63) is 35.4 Å². The highest BCUT2D eigenvalue weighted by atomic mass is 19.4. The summed E-state index contributed by atoms with van der Waals surface area (Å²) in [6.45, 7) is 5.29. The molecule has 0 spiro atoms. The molecule has 0 unspecified atom stereocenters. The molecular weight excluding hydrogens is 271 g/mol. The molecule has 1 aliphatic heterocycles. The molecule has 1 fully saturated rings. The van der Waals surface area contributed by atoms with E-state index in [-0.39, 0.29) is 12.0 Å². The molecule has 110 valence electrons. The molecule has 0 amide bonds. The molecule has 1 heterocycles. The van der Waals surface area contributed by atoms with Crippen LogP contribution in [0.1, 0.15) is 37.9 Å². The lowest BCUT2D eigenvalue weighted by Crippen LogP contribution is -2.27. The van der Waals surface area contributed by atoms with Gasteiger partial charge in [-0.25, -0.2) is 0 Å². The molecule has 1 saturated heterocycles. The summed E-state index contributed by atoms with van der Waals surface area (Å²) in [6.07, 6.45) is -4.35. The second-order valence-electron chi connectivity index (χ2n) is 5.78. The number of alkyl halides is 3. The molecule has 0 aromatic heterocycles. The van der Waals surface area contributed by atoms with Gasteiger partial charge in [0.05, 0.1) is 11.6 Å². The highest BCUT2D eigenvalue weighted by molar-refractivity contribution is 5.81. The maximum atomic E-state index is 12.4. The zero-order valence-electron chi connectivity index (χ0n) is 11.4. The molecule has 1 N–H and O–H groups in total. The first-order valence-corrected chi connectivity index (χ1v) is 6.24. The van der Waals surface area contributed by atoms with Crippen LogP contribution in [-0.4, -0.2) is 17.6 Å². The Kier molecular flexibility index (Phi) is 3.54. The SMILES string of the molecule is CC(C)(C)OC(=O)[C@H]1N[C@H]1c1ccc(C(F)(F)F)cc1. The number of benzene rings is 1. The van der Waals surface area contributed by atoms with Gasteiger partial charge in [0.1, 0.15) is 11.6 Å². The summed E-state index contributed by atoms with van der Waals surface area (Å²) in [5.41, 5.74) is -0.629. The number of carbonyl (C=O) groups excluding carboxylic acids is 1. The molecule has 6 heteroatoms. The Balaban J connectivity index is 2.00. The monoisotopic (exact) mass is 287 g/mol. The molecule has 0 radical (unpaired) electrons. The minimum absolute atomic E-state index is 0.271. The maximum Gasteiger partial charge on any atom is 0.416 e. The van der Waals surface area contributed by atoms with Gasteiger partial charge < -0.3 is 4.74 Å². The Labute approximate surface area is 115 Å². The predicted molar refractivity (Wildman–Crippen MR) is 67.0 cm³/mol. The number of hydrogen-bond acceptors (Lipinski definition) is 3. The lowest BCUT2D eigenvalue weighted by molar-refractivity contribution is -0.154. The molecule has 2 rings (SSSR count). The third kappa shape index (κ3) is 3.50. The third-order valence-corrected chi connectivity index (χ3v) is 2.84. The van der Waals surface area contributed by atoms with Crippen molar-refractivity contribution in [3.63, 3.8) is 0 Å². The van der Waals surface area contributed by atoms with Gasteiger partial charge >= 0.3 is 12.1 Å². The fourth-order valence-corrected chi connectivity index (χ4v) is 1.88. The number of rotatable bonds is 2. The van der Waals surface area contributed by atoms with Gasteiger partial charge in [-0.2, -0.15) is 13.2 Å². The smallest absolute Gasteiger partial charge is 0.416 e. The van der Waals surface area contributed by atoms with Gasteiger partial charge in [0.2, 0.25) is 0 Å². The number of carbonyl (C=O) groups is 1. The average Bonchev–Trinajstić information content (AvgIpc) is 3.05. The third-order valence-electron chi connectivity index (χ3n) is 2.84. The summed E-state index contributed by atoms with van der Waals surface area (Å²) in [5, 5.41) is 2.91. The van der Waals surface area contributed by atoms with Crippen molar-refractivity contribution in [2.45, 2.75) is 44.6 Å². The minimum Gasteiger partial charge on any atom is -0.459 e.